The van der Waals surface area contributed by atoms with E-state index in [0.717, 1.165) is 17.7 Å². The van der Waals surface area contributed by atoms with Crippen LogP contribution in [0.1, 0.15) is 31.2 Å². The highest BCUT2D eigenvalue weighted by molar-refractivity contribution is 7.89. The number of hydrogen-bond acceptors (Lipinski definition) is 6. The maximum atomic E-state index is 12.9. The van der Waals surface area contributed by atoms with Gasteiger partial charge in [0.1, 0.15) is 5.75 Å². The molecule has 0 saturated carbocycles. The Labute approximate surface area is 206 Å². The number of benzene rings is 2. The molecule has 1 N–H and O–H groups in total. The normalized spacial score (nSPS) is 18.9. The maximum Gasteiger partial charge on any atom is 0.305 e. The van der Waals surface area contributed by atoms with Crippen LogP contribution in [0.5, 0.6) is 5.75 Å². The van der Waals surface area contributed by atoms with Gasteiger partial charge in [-0.15, -0.1) is 0 Å². The van der Waals surface area contributed by atoms with Gasteiger partial charge in [0.25, 0.3) is 0 Å². The van der Waals surface area contributed by atoms with E-state index >= 15 is 0 Å². The Bertz CT molecular complexity index is 1070. The van der Waals surface area contributed by atoms with Crippen molar-refractivity contribution >= 4 is 27.6 Å². The van der Waals surface area contributed by atoms with Gasteiger partial charge in [-0.1, -0.05) is 35.9 Å². The molecule has 1 heterocycles. The number of carbonyl (C=O) groups is 1. The number of methoxy groups -OCH3 is 2. The molecule has 0 radical (unpaired) electrons. The average molecular weight is 507 g/mol. The van der Waals surface area contributed by atoms with Crippen molar-refractivity contribution in [1.82, 2.24) is 9.62 Å². The van der Waals surface area contributed by atoms with Crippen molar-refractivity contribution < 1.29 is 22.7 Å². The largest absolute Gasteiger partial charge is 0.497 e. The van der Waals surface area contributed by atoms with Crippen molar-refractivity contribution in [2.24, 2.45) is 0 Å². The molecule has 1 fully saturated rings. The summed E-state index contributed by atoms with van der Waals surface area (Å²) in [6.45, 7) is 1.26. The molecule has 9 heteroatoms. The van der Waals surface area contributed by atoms with E-state index in [1.165, 1.54) is 19.2 Å². The van der Waals surface area contributed by atoms with Gasteiger partial charge in [-0.25, -0.2) is 13.1 Å². The number of nitrogens with zero attached hydrogens (tertiary/aromatic N) is 1. The van der Waals surface area contributed by atoms with Gasteiger partial charge in [-0.3, -0.25) is 9.69 Å². The first-order chi connectivity index (χ1) is 16.3. The molecular weight excluding hydrogens is 476 g/mol. The van der Waals surface area contributed by atoms with Crippen LogP contribution in [0.15, 0.2) is 65.6 Å². The van der Waals surface area contributed by atoms with Crippen LogP contribution in [-0.2, 0) is 26.1 Å². The van der Waals surface area contributed by atoms with Gasteiger partial charge in [0.15, 0.2) is 0 Å². The second-order valence-corrected chi connectivity index (χ2v) is 10.4. The Morgan fingerprint density at radius 2 is 1.85 bits per heavy atom. The second-order valence-electron chi connectivity index (χ2n) is 8.25. The van der Waals surface area contributed by atoms with Gasteiger partial charge >= 0.3 is 5.97 Å². The summed E-state index contributed by atoms with van der Waals surface area (Å²) in [7, 11) is -0.637. The zero-order valence-electron chi connectivity index (χ0n) is 19.4. The third-order valence-electron chi connectivity index (χ3n) is 5.78. The van der Waals surface area contributed by atoms with E-state index in [4.69, 9.17) is 16.3 Å². The summed E-state index contributed by atoms with van der Waals surface area (Å²) in [6, 6.07) is 13.9. The Balaban J connectivity index is 1.68. The average Bonchev–Trinajstić information content (AvgIpc) is 3.19. The minimum absolute atomic E-state index is 0.0677. The number of hydrogen-bond donors (Lipinski definition) is 1. The van der Waals surface area contributed by atoms with E-state index in [-0.39, 0.29) is 22.9 Å². The zero-order chi connectivity index (χ0) is 24.6. The highest BCUT2D eigenvalue weighted by atomic mass is 35.5. The molecule has 34 heavy (non-hydrogen) atoms. The van der Waals surface area contributed by atoms with Gasteiger partial charge in [0.2, 0.25) is 10.0 Å². The summed E-state index contributed by atoms with van der Waals surface area (Å²) >= 11 is 5.90. The van der Waals surface area contributed by atoms with Crippen LogP contribution in [0.4, 0.5) is 0 Å². The van der Waals surface area contributed by atoms with Crippen LogP contribution in [-0.4, -0.2) is 52.1 Å². The third kappa shape index (κ3) is 7.56. The second kappa shape index (κ2) is 12.4. The van der Waals surface area contributed by atoms with E-state index in [1.54, 1.807) is 19.2 Å². The Morgan fingerprint density at radius 3 is 2.50 bits per heavy atom. The molecular formula is C25H31ClN2O5S. The van der Waals surface area contributed by atoms with Crippen LogP contribution in [0, 0.1) is 0 Å². The SMILES string of the molecule is COC(=O)CCC/C=C\[C@@H]1C[C@@H](NS(=O)(=O)c2ccc(Cl)cc2)CN1Cc1ccc(OC)cc1. The van der Waals surface area contributed by atoms with E-state index in [1.807, 2.05) is 24.3 Å². The molecule has 3 rings (SSSR count). The zero-order valence-corrected chi connectivity index (χ0v) is 21.0. The molecule has 0 spiro atoms. The molecule has 0 bridgehead atoms. The van der Waals surface area contributed by atoms with Gasteiger partial charge < -0.3 is 9.47 Å². The predicted molar refractivity (Wildman–Crippen MR) is 132 cm³/mol. The van der Waals surface area contributed by atoms with Crippen molar-refractivity contribution in [2.45, 2.75) is 49.2 Å². The van der Waals surface area contributed by atoms with E-state index in [0.29, 0.717) is 37.4 Å². The summed E-state index contributed by atoms with van der Waals surface area (Å²) < 4.78 is 38.5. The molecule has 2 aromatic rings. The lowest BCUT2D eigenvalue weighted by molar-refractivity contribution is -0.140. The van der Waals surface area contributed by atoms with Gasteiger partial charge in [0, 0.05) is 36.6 Å². The van der Waals surface area contributed by atoms with Crippen LogP contribution < -0.4 is 9.46 Å². The maximum absolute atomic E-state index is 12.9. The number of likely N-dealkylation sites (tertiary alicyclic amines) is 1. The quantitative estimate of drug-likeness (QED) is 0.280. The third-order valence-corrected chi connectivity index (χ3v) is 7.57. The fourth-order valence-electron chi connectivity index (χ4n) is 3.99. The van der Waals surface area contributed by atoms with Gasteiger partial charge in [-0.2, -0.15) is 0 Å². The Morgan fingerprint density at radius 1 is 1.15 bits per heavy atom. The van der Waals surface area contributed by atoms with Gasteiger partial charge in [-0.05, 0) is 61.2 Å². The first-order valence-corrected chi connectivity index (χ1v) is 13.0. The first kappa shape index (κ1) is 26.2. The van der Waals surface area contributed by atoms with Crippen molar-refractivity contribution in [3.05, 3.63) is 71.3 Å². The van der Waals surface area contributed by atoms with Crippen LogP contribution >= 0.6 is 11.6 Å². The number of esters is 1. The topological polar surface area (TPSA) is 84.9 Å². The molecule has 7 nitrogen and oxygen atoms in total. The Hall–Kier alpha value is -2.39. The molecule has 184 valence electrons. The number of halogens is 1. The lowest BCUT2D eigenvalue weighted by atomic mass is 10.1. The highest BCUT2D eigenvalue weighted by Crippen LogP contribution is 2.25. The monoisotopic (exact) mass is 506 g/mol. The molecule has 2 atom stereocenters. The summed E-state index contributed by atoms with van der Waals surface area (Å²) in [6.07, 6.45) is 6.66. The molecule has 0 amide bonds. The summed E-state index contributed by atoms with van der Waals surface area (Å²) in [5.41, 5.74) is 1.12. The molecule has 0 unspecified atom stereocenters. The summed E-state index contributed by atoms with van der Waals surface area (Å²) in [5, 5.41) is 0.489. The number of rotatable bonds is 11. The number of nitrogens with one attached hydrogen (secondary N) is 1. The number of unbranched alkanes of at least 4 members (excludes halogenated alkanes) is 1. The summed E-state index contributed by atoms with van der Waals surface area (Å²) in [4.78, 5) is 13.8. The van der Waals surface area contributed by atoms with Crippen LogP contribution in [0.3, 0.4) is 0 Å². The lowest BCUT2D eigenvalue weighted by Gasteiger charge is -2.22. The van der Waals surface area contributed by atoms with E-state index in [9.17, 15) is 13.2 Å². The van der Waals surface area contributed by atoms with Crippen LogP contribution in [0.25, 0.3) is 0 Å². The minimum atomic E-state index is -3.66. The van der Waals surface area contributed by atoms with E-state index in [2.05, 4.69) is 26.5 Å². The predicted octanol–water partition coefficient (Wildman–Crippen LogP) is 4.17. The van der Waals surface area contributed by atoms with Crippen molar-refractivity contribution in [1.29, 1.82) is 0 Å². The first-order valence-electron chi connectivity index (χ1n) is 11.2. The van der Waals surface area contributed by atoms with Crippen molar-refractivity contribution in [2.75, 3.05) is 20.8 Å². The van der Waals surface area contributed by atoms with Crippen molar-refractivity contribution in [3.63, 3.8) is 0 Å². The fraction of sp³-hybridized carbons (Fsp3) is 0.400. The smallest absolute Gasteiger partial charge is 0.305 e. The van der Waals surface area contributed by atoms with E-state index < -0.39 is 10.0 Å². The molecule has 0 aromatic heterocycles. The minimum Gasteiger partial charge on any atom is -0.497 e. The Kier molecular flexibility index (Phi) is 9.53. The number of allylic oxidation sites excluding steroid dienone is 1. The number of carbonyl (C=O) groups excluding carboxylic acids is 1. The highest BCUT2D eigenvalue weighted by Gasteiger charge is 2.33. The lowest BCUT2D eigenvalue weighted by Crippen LogP contribution is -2.37. The summed E-state index contributed by atoms with van der Waals surface area (Å²) in [5.74, 6) is 0.577. The molecule has 1 aliphatic rings. The fourth-order valence-corrected chi connectivity index (χ4v) is 5.35. The van der Waals surface area contributed by atoms with Crippen LogP contribution in [0.2, 0.25) is 5.02 Å². The standard InChI is InChI=1S/C25H31ClN2O5S/c1-32-23-12-8-19(9-13-23)17-28-18-21(16-22(28)6-4-3-5-7-25(29)33-2)27-34(30,31)24-14-10-20(26)11-15-24/h4,6,8-15,21-22,27H,3,5,7,16-18H2,1-2H3/b6-4-/t21-,22-/m1/s1. The molecule has 0 aliphatic carbocycles. The molecule has 1 aliphatic heterocycles. The number of sulfonamides is 1. The van der Waals surface area contributed by atoms with Gasteiger partial charge in [0.05, 0.1) is 19.1 Å². The molecule has 2 aromatic carbocycles. The van der Waals surface area contributed by atoms with Crippen molar-refractivity contribution in [3.8, 4) is 5.75 Å². The number of ether oxygens (including phenoxy) is 2. The molecule has 1 saturated heterocycles.